The van der Waals surface area contributed by atoms with Crippen LogP contribution in [0.15, 0.2) is 30.3 Å². The fourth-order valence-corrected chi connectivity index (χ4v) is 1.50. The van der Waals surface area contributed by atoms with E-state index in [-0.39, 0.29) is 10.6 Å². The minimum Gasteiger partial charge on any atom is -0.311 e. The molecule has 4 nitrogen and oxygen atoms in total. The Morgan fingerprint density at radius 3 is 2.88 bits per heavy atom. The lowest BCUT2D eigenvalue weighted by atomic mass is 10.1. The van der Waals surface area contributed by atoms with Crippen molar-refractivity contribution in [3.8, 4) is 0 Å². The van der Waals surface area contributed by atoms with E-state index >= 15 is 0 Å². The minimum absolute atomic E-state index is 0.158. The summed E-state index contributed by atoms with van der Waals surface area (Å²) in [6.45, 7) is 0.775. The number of rotatable bonds is 5. The molecule has 1 aromatic rings. The molecule has 0 amide bonds. The fraction of sp³-hybridized carbons (Fsp3) is 0.333. The molecule has 16 heavy (non-hydrogen) atoms. The van der Waals surface area contributed by atoms with E-state index in [9.17, 15) is 10.1 Å². The van der Waals surface area contributed by atoms with E-state index in [0.717, 1.165) is 6.54 Å². The maximum Gasteiger partial charge on any atom is 0.276 e. The van der Waals surface area contributed by atoms with Gasteiger partial charge in [0.1, 0.15) is 0 Å². The van der Waals surface area contributed by atoms with Crippen LogP contribution in [0.4, 0.5) is 5.69 Å². The van der Waals surface area contributed by atoms with Crippen molar-refractivity contribution in [3.05, 3.63) is 46.0 Å². The smallest absolute Gasteiger partial charge is 0.276 e. The third kappa shape index (κ3) is 2.90. The summed E-state index contributed by atoms with van der Waals surface area (Å²) in [6, 6.07) is 7.42. The summed E-state index contributed by atoms with van der Waals surface area (Å²) in [5.41, 5.74) is 0.815. The second-order valence-corrected chi connectivity index (χ2v) is 3.90. The van der Waals surface area contributed by atoms with Gasteiger partial charge in [0.25, 0.3) is 5.69 Å². The number of nitrogens with zero attached hydrogens (tertiary/aromatic N) is 1. The van der Waals surface area contributed by atoms with Crippen molar-refractivity contribution in [1.82, 2.24) is 5.32 Å². The van der Waals surface area contributed by atoms with E-state index in [1.54, 1.807) is 24.3 Å². The Morgan fingerprint density at radius 2 is 2.19 bits per heavy atom. The zero-order valence-corrected chi connectivity index (χ0v) is 8.93. The molecule has 0 saturated heterocycles. The highest BCUT2D eigenvalue weighted by Gasteiger charge is 2.19. The first kappa shape index (κ1) is 10.8. The van der Waals surface area contributed by atoms with E-state index in [4.69, 9.17) is 0 Å². The highest BCUT2D eigenvalue weighted by atomic mass is 16.6. The van der Waals surface area contributed by atoms with Gasteiger partial charge in [-0.15, -0.1) is 0 Å². The van der Waals surface area contributed by atoms with Crippen LogP contribution >= 0.6 is 0 Å². The van der Waals surface area contributed by atoms with Crippen molar-refractivity contribution in [2.24, 2.45) is 0 Å². The molecule has 0 atom stereocenters. The van der Waals surface area contributed by atoms with Crippen LogP contribution in [0.5, 0.6) is 0 Å². The molecule has 84 valence electrons. The van der Waals surface area contributed by atoms with Gasteiger partial charge in [0.15, 0.2) is 0 Å². The van der Waals surface area contributed by atoms with Gasteiger partial charge in [-0.2, -0.15) is 0 Å². The largest absolute Gasteiger partial charge is 0.311 e. The number of para-hydroxylation sites is 1. The Balaban J connectivity index is 1.98. The number of hydrogen-bond acceptors (Lipinski definition) is 3. The predicted octanol–water partition coefficient (Wildman–Crippen LogP) is 2.36. The maximum atomic E-state index is 10.7. The van der Waals surface area contributed by atoms with Crippen LogP contribution in [0, 0.1) is 10.1 Å². The van der Waals surface area contributed by atoms with Crippen molar-refractivity contribution in [3.63, 3.8) is 0 Å². The molecule has 0 aliphatic heterocycles. The van der Waals surface area contributed by atoms with Crippen molar-refractivity contribution in [1.29, 1.82) is 0 Å². The van der Waals surface area contributed by atoms with Crippen LogP contribution in [0.2, 0.25) is 0 Å². The van der Waals surface area contributed by atoms with E-state index in [1.165, 1.54) is 18.9 Å². The summed E-state index contributed by atoms with van der Waals surface area (Å²) in [7, 11) is 0. The number of hydrogen-bond donors (Lipinski definition) is 1. The first-order valence-electron chi connectivity index (χ1n) is 5.41. The summed E-state index contributed by atoms with van der Waals surface area (Å²) >= 11 is 0. The summed E-state index contributed by atoms with van der Waals surface area (Å²) < 4.78 is 0. The van der Waals surface area contributed by atoms with Crippen molar-refractivity contribution in [2.75, 3.05) is 6.54 Å². The molecule has 4 heteroatoms. The summed E-state index contributed by atoms with van der Waals surface area (Å²) in [5, 5.41) is 14.0. The molecule has 0 radical (unpaired) electrons. The average Bonchev–Trinajstić information content (AvgIpc) is 3.08. The van der Waals surface area contributed by atoms with Crippen LogP contribution in [0.3, 0.4) is 0 Å². The first-order valence-corrected chi connectivity index (χ1v) is 5.41. The summed E-state index contributed by atoms with van der Waals surface area (Å²) in [6.07, 6.45) is 6.23. The van der Waals surface area contributed by atoms with Crippen LogP contribution < -0.4 is 5.32 Å². The van der Waals surface area contributed by atoms with Crippen molar-refractivity contribution in [2.45, 2.75) is 18.9 Å². The van der Waals surface area contributed by atoms with Crippen molar-refractivity contribution < 1.29 is 4.92 Å². The first-order chi connectivity index (χ1) is 7.77. The second-order valence-electron chi connectivity index (χ2n) is 3.90. The molecule has 1 saturated carbocycles. The van der Waals surface area contributed by atoms with Crippen molar-refractivity contribution >= 4 is 11.8 Å². The van der Waals surface area contributed by atoms with E-state index in [1.807, 2.05) is 6.08 Å². The summed E-state index contributed by atoms with van der Waals surface area (Å²) in [5.74, 6) is 0. The molecule has 1 aliphatic carbocycles. The summed E-state index contributed by atoms with van der Waals surface area (Å²) in [4.78, 5) is 10.4. The van der Waals surface area contributed by atoms with E-state index in [0.29, 0.717) is 11.6 Å². The molecular formula is C12H14N2O2. The SMILES string of the molecule is O=[N+]([O-])c1ccccc1C=CCNC1CC1. The molecule has 0 aromatic heterocycles. The minimum atomic E-state index is -0.353. The monoisotopic (exact) mass is 218 g/mol. The normalized spacial score (nSPS) is 15.5. The third-order valence-electron chi connectivity index (χ3n) is 2.53. The van der Waals surface area contributed by atoms with Gasteiger partial charge in [0, 0.05) is 18.7 Å². The van der Waals surface area contributed by atoms with Gasteiger partial charge >= 0.3 is 0 Å². The molecule has 1 fully saturated rings. The second kappa shape index (κ2) is 4.90. The van der Waals surface area contributed by atoms with Crippen LogP contribution in [0.1, 0.15) is 18.4 Å². The van der Waals surface area contributed by atoms with E-state index < -0.39 is 0 Å². The van der Waals surface area contributed by atoms with E-state index in [2.05, 4.69) is 5.32 Å². The molecule has 1 aromatic carbocycles. The molecule has 0 spiro atoms. The Labute approximate surface area is 94.1 Å². The van der Waals surface area contributed by atoms with Crippen LogP contribution in [0.25, 0.3) is 6.08 Å². The fourth-order valence-electron chi connectivity index (χ4n) is 1.50. The molecule has 0 bridgehead atoms. The molecule has 0 heterocycles. The maximum absolute atomic E-state index is 10.7. The standard InChI is InChI=1S/C12H14N2O2/c15-14(16)12-6-2-1-4-10(12)5-3-9-13-11-7-8-11/h1-6,11,13H,7-9H2. The molecule has 1 N–H and O–H groups in total. The van der Waals surface area contributed by atoms with Crippen LogP contribution in [-0.2, 0) is 0 Å². The van der Waals surface area contributed by atoms with Gasteiger partial charge < -0.3 is 5.32 Å². The van der Waals surface area contributed by atoms with Gasteiger partial charge in [-0.3, -0.25) is 10.1 Å². The van der Waals surface area contributed by atoms with Crippen LogP contribution in [-0.4, -0.2) is 17.5 Å². The number of nitro groups is 1. The topological polar surface area (TPSA) is 55.2 Å². The Hall–Kier alpha value is -1.68. The Morgan fingerprint density at radius 1 is 1.44 bits per heavy atom. The number of benzene rings is 1. The Bertz CT molecular complexity index is 411. The lowest BCUT2D eigenvalue weighted by Gasteiger charge is -1.97. The third-order valence-corrected chi connectivity index (χ3v) is 2.53. The Kier molecular flexibility index (Phi) is 3.31. The highest BCUT2D eigenvalue weighted by molar-refractivity contribution is 5.60. The molecular weight excluding hydrogens is 204 g/mol. The molecule has 2 rings (SSSR count). The lowest BCUT2D eigenvalue weighted by molar-refractivity contribution is -0.385. The predicted molar refractivity (Wildman–Crippen MR) is 63.2 cm³/mol. The zero-order valence-electron chi connectivity index (χ0n) is 8.93. The lowest BCUT2D eigenvalue weighted by Crippen LogP contribution is -2.15. The van der Waals surface area contributed by atoms with Gasteiger partial charge in [-0.1, -0.05) is 24.3 Å². The number of nitro benzene ring substituents is 1. The highest BCUT2D eigenvalue weighted by Crippen LogP contribution is 2.20. The quantitative estimate of drug-likeness (QED) is 0.609. The molecule has 0 unspecified atom stereocenters. The average molecular weight is 218 g/mol. The van der Waals surface area contributed by atoms with Gasteiger partial charge in [0.05, 0.1) is 10.5 Å². The van der Waals surface area contributed by atoms with Gasteiger partial charge in [-0.25, -0.2) is 0 Å². The van der Waals surface area contributed by atoms with Gasteiger partial charge in [0.2, 0.25) is 0 Å². The number of nitrogens with one attached hydrogen (secondary N) is 1. The zero-order chi connectivity index (χ0) is 11.4. The van der Waals surface area contributed by atoms with Gasteiger partial charge in [-0.05, 0) is 18.9 Å². The molecule has 1 aliphatic rings.